The van der Waals surface area contributed by atoms with Gasteiger partial charge in [0.25, 0.3) is 5.91 Å². The van der Waals surface area contributed by atoms with Crippen molar-refractivity contribution >= 4 is 45.2 Å². The number of nitrogens with zero attached hydrogens (tertiary/aromatic N) is 2. The molecule has 1 saturated heterocycles. The van der Waals surface area contributed by atoms with Gasteiger partial charge in [0.15, 0.2) is 5.13 Å². The molecular weight excluding hydrogens is 280 g/mol. The molecule has 1 aliphatic heterocycles. The van der Waals surface area contributed by atoms with Crippen LogP contribution < -0.4 is 16.0 Å². The number of aromatic nitrogens is 1. The molecule has 0 radical (unpaired) electrons. The highest BCUT2D eigenvalue weighted by Gasteiger charge is 2.21. The molecule has 3 heterocycles. The SMILES string of the molecule is Nc1nc(N2CCCC2)sc1C(=O)Nc1ccsc1. The first-order chi connectivity index (χ1) is 9.24. The van der Waals surface area contributed by atoms with E-state index in [0.717, 1.165) is 23.9 Å². The summed E-state index contributed by atoms with van der Waals surface area (Å²) in [4.78, 5) is 19.1. The zero-order valence-electron chi connectivity index (χ0n) is 10.3. The number of anilines is 3. The van der Waals surface area contributed by atoms with Gasteiger partial charge in [-0.2, -0.15) is 11.3 Å². The number of thiophene rings is 1. The van der Waals surface area contributed by atoms with Crippen LogP contribution in [0, 0.1) is 0 Å². The van der Waals surface area contributed by atoms with Crippen LogP contribution in [-0.4, -0.2) is 24.0 Å². The van der Waals surface area contributed by atoms with Gasteiger partial charge < -0.3 is 16.0 Å². The Hall–Kier alpha value is -1.60. The average molecular weight is 294 g/mol. The quantitative estimate of drug-likeness (QED) is 0.913. The van der Waals surface area contributed by atoms with Crippen molar-refractivity contribution in [3.05, 3.63) is 21.7 Å². The van der Waals surface area contributed by atoms with Crippen LogP contribution in [0.25, 0.3) is 0 Å². The van der Waals surface area contributed by atoms with Gasteiger partial charge in [0.1, 0.15) is 10.7 Å². The standard InChI is InChI=1S/C12H14N4OS2/c13-10-9(11(17)14-8-3-6-18-7-8)19-12(15-10)16-4-1-2-5-16/h3,6-7H,1-2,4-5,13H2,(H,14,17). The number of nitrogens with two attached hydrogens (primary N) is 1. The van der Waals surface area contributed by atoms with Gasteiger partial charge in [0.05, 0.1) is 5.69 Å². The number of amides is 1. The lowest BCUT2D eigenvalue weighted by atomic mass is 10.4. The van der Waals surface area contributed by atoms with E-state index < -0.39 is 0 Å². The molecule has 0 atom stereocenters. The predicted molar refractivity (Wildman–Crippen MR) is 80.2 cm³/mol. The number of nitrogens with one attached hydrogen (secondary N) is 1. The van der Waals surface area contributed by atoms with Crippen molar-refractivity contribution in [2.45, 2.75) is 12.8 Å². The predicted octanol–water partition coefficient (Wildman–Crippen LogP) is 2.64. The van der Waals surface area contributed by atoms with Crippen molar-refractivity contribution in [1.29, 1.82) is 0 Å². The summed E-state index contributed by atoms with van der Waals surface area (Å²) in [5.74, 6) is 0.137. The Morgan fingerprint density at radius 1 is 1.42 bits per heavy atom. The fourth-order valence-electron chi connectivity index (χ4n) is 2.05. The number of rotatable bonds is 3. The minimum atomic E-state index is -0.182. The third-order valence-corrected chi connectivity index (χ3v) is 4.82. The highest BCUT2D eigenvalue weighted by molar-refractivity contribution is 7.18. The normalized spacial score (nSPS) is 14.8. The molecule has 1 amide bonds. The Bertz CT molecular complexity index is 573. The fourth-order valence-corrected chi connectivity index (χ4v) is 3.57. The lowest BCUT2D eigenvalue weighted by Crippen LogP contribution is -2.17. The summed E-state index contributed by atoms with van der Waals surface area (Å²) in [5.41, 5.74) is 6.65. The van der Waals surface area contributed by atoms with Crippen LogP contribution in [0.4, 0.5) is 16.6 Å². The third-order valence-electron chi connectivity index (χ3n) is 3.00. The van der Waals surface area contributed by atoms with Gasteiger partial charge in [-0.25, -0.2) is 4.98 Å². The molecule has 1 aliphatic rings. The van der Waals surface area contributed by atoms with Gasteiger partial charge in [-0.05, 0) is 24.3 Å². The zero-order chi connectivity index (χ0) is 13.2. The maximum absolute atomic E-state index is 12.1. The smallest absolute Gasteiger partial charge is 0.269 e. The van der Waals surface area contributed by atoms with Crippen molar-refractivity contribution in [1.82, 2.24) is 4.98 Å². The molecule has 0 aromatic carbocycles. The highest BCUT2D eigenvalue weighted by Crippen LogP contribution is 2.31. The van der Waals surface area contributed by atoms with Crippen molar-refractivity contribution in [3.8, 4) is 0 Å². The van der Waals surface area contributed by atoms with E-state index in [-0.39, 0.29) is 5.91 Å². The van der Waals surface area contributed by atoms with Crippen LogP contribution in [0.3, 0.4) is 0 Å². The number of thiazole rings is 1. The molecule has 2 aromatic heterocycles. The first kappa shape index (κ1) is 12.4. The lowest BCUT2D eigenvalue weighted by molar-refractivity contribution is 0.103. The molecule has 2 aromatic rings. The molecule has 100 valence electrons. The van der Waals surface area contributed by atoms with Gasteiger partial charge >= 0.3 is 0 Å². The molecule has 7 heteroatoms. The van der Waals surface area contributed by atoms with E-state index in [1.165, 1.54) is 24.2 Å². The van der Waals surface area contributed by atoms with Gasteiger partial charge in [0, 0.05) is 18.5 Å². The Labute approximate surface area is 119 Å². The number of hydrogen-bond acceptors (Lipinski definition) is 6. The first-order valence-corrected chi connectivity index (χ1v) is 7.85. The maximum atomic E-state index is 12.1. The molecular formula is C12H14N4OS2. The molecule has 1 fully saturated rings. The van der Waals surface area contributed by atoms with Gasteiger partial charge in [-0.1, -0.05) is 11.3 Å². The van der Waals surface area contributed by atoms with Crippen LogP contribution in [0.5, 0.6) is 0 Å². The summed E-state index contributed by atoms with van der Waals surface area (Å²) in [6.07, 6.45) is 2.35. The molecule has 0 saturated carbocycles. The molecule has 0 unspecified atom stereocenters. The number of carbonyl (C=O) groups is 1. The molecule has 3 N–H and O–H groups in total. The summed E-state index contributed by atoms with van der Waals surface area (Å²) >= 11 is 2.91. The van der Waals surface area contributed by atoms with E-state index >= 15 is 0 Å². The molecule has 19 heavy (non-hydrogen) atoms. The summed E-state index contributed by atoms with van der Waals surface area (Å²) in [6.45, 7) is 2.00. The minimum absolute atomic E-state index is 0.182. The zero-order valence-corrected chi connectivity index (χ0v) is 11.9. The van der Waals surface area contributed by atoms with Gasteiger partial charge in [-0.15, -0.1) is 0 Å². The van der Waals surface area contributed by atoms with E-state index in [9.17, 15) is 4.79 Å². The topological polar surface area (TPSA) is 71.2 Å². The fraction of sp³-hybridized carbons (Fsp3) is 0.333. The van der Waals surface area contributed by atoms with Crippen molar-refractivity contribution in [2.24, 2.45) is 0 Å². The van der Waals surface area contributed by atoms with Crippen molar-refractivity contribution in [3.63, 3.8) is 0 Å². The Morgan fingerprint density at radius 3 is 2.89 bits per heavy atom. The lowest BCUT2D eigenvalue weighted by Gasteiger charge is -2.11. The first-order valence-electron chi connectivity index (χ1n) is 6.09. The minimum Gasteiger partial charge on any atom is -0.382 e. The average Bonchev–Trinajstić information content (AvgIpc) is 3.07. The largest absolute Gasteiger partial charge is 0.382 e. The summed E-state index contributed by atoms with van der Waals surface area (Å²) in [6, 6.07) is 1.86. The van der Waals surface area contributed by atoms with Crippen LogP contribution in [0.15, 0.2) is 16.8 Å². The van der Waals surface area contributed by atoms with Crippen molar-refractivity contribution < 1.29 is 4.79 Å². The third kappa shape index (κ3) is 2.57. The van der Waals surface area contributed by atoms with E-state index in [4.69, 9.17) is 5.73 Å². The number of nitrogen functional groups attached to an aromatic ring is 1. The van der Waals surface area contributed by atoms with Crippen LogP contribution >= 0.6 is 22.7 Å². The second-order valence-corrected chi connectivity index (χ2v) is 6.13. The second-order valence-electron chi connectivity index (χ2n) is 4.37. The van der Waals surface area contributed by atoms with Gasteiger partial charge in [-0.3, -0.25) is 4.79 Å². The van der Waals surface area contributed by atoms with Crippen LogP contribution in [0.1, 0.15) is 22.5 Å². The number of hydrogen-bond donors (Lipinski definition) is 2. The van der Waals surface area contributed by atoms with E-state index in [0.29, 0.717) is 10.7 Å². The second kappa shape index (κ2) is 5.18. The van der Waals surface area contributed by atoms with Crippen LogP contribution in [0.2, 0.25) is 0 Å². The molecule has 0 bridgehead atoms. The van der Waals surface area contributed by atoms with Crippen LogP contribution in [-0.2, 0) is 0 Å². The monoisotopic (exact) mass is 294 g/mol. The summed E-state index contributed by atoms with van der Waals surface area (Å²) in [7, 11) is 0. The van der Waals surface area contributed by atoms with E-state index in [2.05, 4.69) is 15.2 Å². The van der Waals surface area contributed by atoms with Gasteiger partial charge in [0.2, 0.25) is 0 Å². The van der Waals surface area contributed by atoms with E-state index in [1.54, 1.807) is 11.3 Å². The summed E-state index contributed by atoms with van der Waals surface area (Å²) < 4.78 is 0. The highest BCUT2D eigenvalue weighted by atomic mass is 32.1. The Balaban J connectivity index is 1.78. The molecule has 3 rings (SSSR count). The molecule has 0 spiro atoms. The van der Waals surface area contributed by atoms with E-state index in [1.807, 2.05) is 16.8 Å². The Morgan fingerprint density at radius 2 is 2.21 bits per heavy atom. The van der Waals surface area contributed by atoms with Crippen molar-refractivity contribution in [2.75, 3.05) is 29.0 Å². The molecule has 5 nitrogen and oxygen atoms in total. The summed E-state index contributed by atoms with van der Waals surface area (Å²) in [5, 5.41) is 7.48. The Kier molecular flexibility index (Phi) is 3.39. The molecule has 0 aliphatic carbocycles. The maximum Gasteiger partial charge on any atom is 0.269 e. The number of carbonyl (C=O) groups excluding carboxylic acids is 1.